The van der Waals surface area contributed by atoms with Crippen LogP contribution in [0.4, 0.5) is 4.79 Å². The van der Waals surface area contributed by atoms with Gasteiger partial charge in [-0.1, -0.05) is 30.0 Å². The van der Waals surface area contributed by atoms with Gasteiger partial charge < -0.3 is 14.4 Å². The van der Waals surface area contributed by atoms with Crippen LogP contribution < -0.4 is 9.47 Å². The van der Waals surface area contributed by atoms with E-state index in [0.29, 0.717) is 17.1 Å². The van der Waals surface area contributed by atoms with E-state index in [0.717, 1.165) is 61.5 Å². The van der Waals surface area contributed by atoms with Crippen molar-refractivity contribution in [2.75, 3.05) is 26.5 Å². The molecule has 1 atom stereocenters. The molecule has 0 spiro atoms. The molecule has 2 aromatic rings. The highest BCUT2D eigenvalue weighted by Crippen LogP contribution is 2.30. The van der Waals surface area contributed by atoms with Gasteiger partial charge >= 0.3 is 0 Å². The van der Waals surface area contributed by atoms with Gasteiger partial charge in [0.05, 0.1) is 26.5 Å². The van der Waals surface area contributed by atoms with Gasteiger partial charge in [-0.3, -0.25) is 19.3 Å². The lowest BCUT2D eigenvalue weighted by molar-refractivity contribution is -0.125. The topological polar surface area (TPSA) is 76.2 Å². The second-order valence-electron chi connectivity index (χ2n) is 8.61. The van der Waals surface area contributed by atoms with Crippen molar-refractivity contribution < 1.29 is 23.9 Å². The van der Waals surface area contributed by atoms with E-state index in [4.69, 9.17) is 9.47 Å². The maximum Gasteiger partial charge on any atom is 0.289 e. The number of benzene rings is 2. The number of hydrogen-bond donors (Lipinski definition) is 0. The van der Waals surface area contributed by atoms with E-state index in [1.54, 1.807) is 14.2 Å². The van der Waals surface area contributed by atoms with Crippen molar-refractivity contribution in [1.82, 2.24) is 9.80 Å². The number of carbonyl (C=O) groups is 3. The van der Waals surface area contributed by atoms with Gasteiger partial charge in [-0.05, 0) is 67.5 Å². The van der Waals surface area contributed by atoms with Gasteiger partial charge in [0.2, 0.25) is 5.91 Å². The van der Waals surface area contributed by atoms with E-state index in [1.807, 2.05) is 47.4 Å². The van der Waals surface area contributed by atoms with Gasteiger partial charge in [-0.15, -0.1) is 0 Å². The van der Waals surface area contributed by atoms with E-state index in [9.17, 15) is 14.4 Å². The summed E-state index contributed by atoms with van der Waals surface area (Å²) in [5, 5.41) is -0.229. The number of thioether (sulfide) groups is 1. The normalized spacial score (nSPS) is 18.4. The largest absolute Gasteiger partial charge is 0.493 e. The Morgan fingerprint density at radius 1 is 1.03 bits per heavy atom. The number of carbonyl (C=O) groups excluding carboxylic acids is 3. The molecule has 2 saturated heterocycles. The molecule has 2 fully saturated rings. The smallest absolute Gasteiger partial charge is 0.289 e. The second kappa shape index (κ2) is 11.0. The minimum Gasteiger partial charge on any atom is -0.493 e. The molecule has 0 aliphatic carbocycles. The number of piperidine rings is 1. The van der Waals surface area contributed by atoms with Gasteiger partial charge in [0.15, 0.2) is 11.5 Å². The summed E-state index contributed by atoms with van der Waals surface area (Å²) in [4.78, 5) is 40.6. The first-order valence-electron chi connectivity index (χ1n) is 11.6. The van der Waals surface area contributed by atoms with Crippen LogP contribution in [0.15, 0.2) is 42.5 Å². The van der Waals surface area contributed by atoms with E-state index in [1.165, 1.54) is 4.90 Å². The number of methoxy groups -OCH3 is 2. The molecule has 2 aromatic carbocycles. The summed E-state index contributed by atoms with van der Waals surface area (Å²) >= 11 is 1.02. The van der Waals surface area contributed by atoms with Gasteiger partial charge in [0.25, 0.3) is 11.1 Å². The van der Waals surface area contributed by atoms with Crippen LogP contribution in [0, 0.1) is 0 Å². The number of likely N-dealkylation sites (tertiary alicyclic amines) is 1. The summed E-state index contributed by atoms with van der Waals surface area (Å²) in [6.07, 6.45) is 4.79. The first-order valence-corrected chi connectivity index (χ1v) is 12.6. The van der Waals surface area contributed by atoms with Crippen molar-refractivity contribution in [2.45, 2.75) is 44.7 Å². The van der Waals surface area contributed by atoms with E-state index < -0.39 is 0 Å². The lowest BCUT2D eigenvalue weighted by Gasteiger charge is -2.36. The molecule has 3 amide bonds. The lowest BCUT2D eigenvalue weighted by atomic mass is 9.94. The molecule has 2 aliphatic rings. The highest BCUT2D eigenvalue weighted by Gasteiger charge is 2.31. The van der Waals surface area contributed by atoms with Gasteiger partial charge in [-0.25, -0.2) is 0 Å². The van der Waals surface area contributed by atoms with E-state index >= 15 is 0 Å². The molecule has 0 aromatic heterocycles. The summed E-state index contributed by atoms with van der Waals surface area (Å²) in [5.41, 5.74) is 2.53. The number of rotatable bonds is 8. The summed E-state index contributed by atoms with van der Waals surface area (Å²) < 4.78 is 10.7. The number of aryl methyl sites for hydroxylation is 1. The summed E-state index contributed by atoms with van der Waals surface area (Å²) in [6.45, 7) is 0.938. The Bertz CT molecular complexity index is 1060. The van der Waals surface area contributed by atoms with Crippen LogP contribution in [0.5, 0.6) is 11.5 Å². The standard InChI is InChI=1S/C26H30N2O5S/c1-32-22-12-10-18(15-23(22)33-2)9-11-21-8-3-4-13-27(21)25(30)20-7-5-6-19(14-20)16-28-24(29)17-34-26(28)31/h5-7,10,12,14-15,21H,3-4,8-9,11,13,16-17H2,1-2H3. The van der Waals surface area contributed by atoms with Gasteiger partial charge in [0, 0.05) is 18.2 Å². The number of imide groups is 1. The molecule has 2 aliphatic heterocycles. The van der Waals surface area contributed by atoms with Crippen LogP contribution >= 0.6 is 11.8 Å². The summed E-state index contributed by atoms with van der Waals surface area (Å²) in [6, 6.07) is 13.4. The monoisotopic (exact) mass is 482 g/mol. The molecule has 7 nitrogen and oxygen atoms in total. The zero-order valence-corrected chi connectivity index (χ0v) is 20.4. The van der Waals surface area contributed by atoms with Crippen LogP contribution in [0.2, 0.25) is 0 Å². The second-order valence-corrected chi connectivity index (χ2v) is 9.54. The van der Waals surface area contributed by atoms with Gasteiger partial charge in [0.1, 0.15) is 0 Å². The Balaban J connectivity index is 1.44. The molecule has 1 unspecified atom stereocenters. The Hall–Kier alpha value is -3.00. The van der Waals surface area contributed by atoms with Crippen molar-refractivity contribution in [1.29, 1.82) is 0 Å². The average molecular weight is 483 g/mol. The maximum atomic E-state index is 13.5. The predicted octanol–water partition coefficient (Wildman–Crippen LogP) is 4.53. The first kappa shape index (κ1) is 24.1. The van der Waals surface area contributed by atoms with Gasteiger partial charge in [-0.2, -0.15) is 0 Å². The van der Waals surface area contributed by atoms with Crippen LogP contribution in [0.3, 0.4) is 0 Å². The SMILES string of the molecule is COc1ccc(CCC2CCCCN2C(=O)c2cccc(CN3C(=O)CSC3=O)c2)cc1OC. The van der Waals surface area contributed by atoms with Crippen molar-refractivity contribution in [3.05, 3.63) is 59.2 Å². The minimum atomic E-state index is -0.229. The average Bonchev–Trinajstić information content (AvgIpc) is 3.19. The number of nitrogens with zero attached hydrogens (tertiary/aromatic N) is 2. The van der Waals surface area contributed by atoms with Crippen LogP contribution in [0.1, 0.15) is 47.2 Å². The van der Waals surface area contributed by atoms with Crippen LogP contribution in [-0.2, 0) is 17.8 Å². The zero-order chi connectivity index (χ0) is 24.1. The maximum absolute atomic E-state index is 13.5. The number of ether oxygens (including phenoxy) is 2. The molecule has 0 N–H and O–H groups in total. The third kappa shape index (κ3) is 5.38. The highest BCUT2D eigenvalue weighted by atomic mass is 32.2. The minimum absolute atomic E-state index is 0.00677. The fourth-order valence-electron chi connectivity index (χ4n) is 4.62. The highest BCUT2D eigenvalue weighted by molar-refractivity contribution is 8.14. The Labute approximate surface area is 204 Å². The Morgan fingerprint density at radius 2 is 1.85 bits per heavy atom. The Kier molecular flexibility index (Phi) is 7.77. The molecule has 4 rings (SSSR count). The van der Waals surface area contributed by atoms with Crippen molar-refractivity contribution in [2.24, 2.45) is 0 Å². The molecular formula is C26H30N2O5S. The number of hydrogen-bond acceptors (Lipinski definition) is 6. The fourth-order valence-corrected chi connectivity index (χ4v) is 5.35. The number of amides is 3. The summed E-state index contributed by atoms with van der Waals surface area (Å²) in [7, 11) is 3.25. The summed E-state index contributed by atoms with van der Waals surface area (Å²) in [5.74, 6) is 1.43. The molecule has 8 heteroatoms. The third-order valence-corrected chi connectivity index (χ3v) is 7.32. The molecule has 2 heterocycles. The first-order chi connectivity index (χ1) is 16.5. The lowest BCUT2D eigenvalue weighted by Crippen LogP contribution is -2.44. The van der Waals surface area contributed by atoms with Crippen LogP contribution in [0.25, 0.3) is 0 Å². The molecular weight excluding hydrogens is 452 g/mol. The van der Waals surface area contributed by atoms with E-state index in [-0.39, 0.29) is 35.4 Å². The van der Waals surface area contributed by atoms with E-state index in [2.05, 4.69) is 0 Å². The molecule has 34 heavy (non-hydrogen) atoms. The Morgan fingerprint density at radius 3 is 2.59 bits per heavy atom. The molecule has 180 valence electrons. The van der Waals surface area contributed by atoms with Crippen LogP contribution in [-0.4, -0.2) is 59.4 Å². The zero-order valence-electron chi connectivity index (χ0n) is 19.6. The van der Waals surface area contributed by atoms with Crippen molar-refractivity contribution >= 4 is 28.8 Å². The predicted molar refractivity (Wildman–Crippen MR) is 131 cm³/mol. The third-order valence-electron chi connectivity index (χ3n) is 6.46. The van der Waals surface area contributed by atoms with Crippen molar-refractivity contribution in [3.8, 4) is 11.5 Å². The molecule has 0 bridgehead atoms. The molecule has 0 radical (unpaired) electrons. The molecule has 0 saturated carbocycles. The fraction of sp³-hybridized carbons (Fsp3) is 0.423. The van der Waals surface area contributed by atoms with Crippen molar-refractivity contribution in [3.63, 3.8) is 0 Å². The quantitative estimate of drug-likeness (QED) is 0.550.